The number of nitrogens with two attached hydrogens (primary N) is 1. The van der Waals surface area contributed by atoms with Crippen molar-refractivity contribution in [2.45, 2.75) is 25.5 Å². The van der Waals surface area contributed by atoms with Crippen molar-refractivity contribution >= 4 is 31.3 Å². The summed E-state index contributed by atoms with van der Waals surface area (Å²) in [6, 6.07) is 10.1. The summed E-state index contributed by atoms with van der Waals surface area (Å²) < 4.78 is 4.54. The van der Waals surface area contributed by atoms with Gasteiger partial charge in [-0.25, -0.2) is 0 Å². The maximum absolute atomic E-state index is 9.76. The molecular weight excluding hydrogens is 301 g/mol. The van der Waals surface area contributed by atoms with Crippen LogP contribution in [0.5, 0.6) is 0 Å². The fourth-order valence-corrected chi connectivity index (χ4v) is 1.69. The van der Waals surface area contributed by atoms with Gasteiger partial charge in [0, 0.05) is 6.04 Å². The van der Waals surface area contributed by atoms with Crippen molar-refractivity contribution in [2.75, 3.05) is 13.1 Å². The first-order valence-electron chi connectivity index (χ1n) is 6.13. The smallest absolute Gasteiger partial charge is 0.293 e. The fourth-order valence-electron chi connectivity index (χ4n) is 1.69. The summed E-state index contributed by atoms with van der Waals surface area (Å²) in [4.78, 5) is 9.76. The molecule has 0 unspecified atom stereocenters. The van der Waals surface area contributed by atoms with E-state index in [0.29, 0.717) is 19.1 Å². The molecule has 0 spiro atoms. The molecule has 7 heteroatoms. The first kappa shape index (κ1) is 21.4. The van der Waals surface area contributed by atoms with Gasteiger partial charge in [0.05, 0.1) is 0 Å². The Bertz CT molecular complexity index is 323. The van der Waals surface area contributed by atoms with Crippen LogP contribution in [-0.4, -0.2) is 25.6 Å². The van der Waals surface area contributed by atoms with E-state index >= 15 is 0 Å². The number of benzene rings is 1. The van der Waals surface area contributed by atoms with Crippen molar-refractivity contribution in [3.8, 4) is 0 Å². The molecule has 1 aliphatic heterocycles. The number of hydrogen-bond acceptors (Lipinski definition) is 5. The Morgan fingerprint density at radius 1 is 1.25 bits per heavy atom. The second-order valence-corrected chi connectivity index (χ2v) is 4.08. The monoisotopic (exact) mass is 323 g/mol. The molecule has 1 aromatic carbocycles. The molecule has 1 heterocycles. The molecule has 0 saturated carbocycles. The minimum Gasteiger partial charge on any atom is -0.463 e. The van der Waals surface area contributed by atoms with Crippen molar-refractivity contribution in [3.63, 3.8) is 0 Å². The molecule has 0 amide bonds. The van der Waals surface area contributed by atoms with Crippen molar-refractivity contribution in [2.24, 2.45) is 5.84 Å². The highest BCUT2D eigenvalue weighted by molar-refractivity contribution is 5.85. The van der Waals surface area contributed by atoms with Crippen molar-refractivity contribution in [1.82, 2.24) is 10.7 Å². The molecule has 20 heavy (non-hydrogen) atoms. The predicted octanol–water partition coefficient (Wildman–Crippen LogP) is 1.40. The number of ether oxygens (including phenoxy) is 1. The summed E-state index contributed by atoms with van der Waals surface area (Å²) in [5.74, 6) is 5.23. The zero-order chi connectivity index (χ0) is 13.1. The lowest BCUT2D eigenvalue weighted by Crippen LogP contribution is -2.43. The van der Waals surface area contributed by atoms with E-state index in [9.17, 15) is 4.79 Å². The molecule has 0 aliphatic carbocycles. The van der Waals surface area contributed by atoms with Gasteiger partial charge in [-0.05, 0) is 31.5 Å². The zero-order valence-electron chi connectivity index (χ0n) is 11.3. The second kappa shape index (κ2) is 14.6. The van der Waals surface area contributed by atoms with Crippen LogP contribution in [0, 0.1) is 0 Å². The highest BCUT2D eigenvalue weighted by Gasteiger charge is 2.08. The molecule has 1 saturated heterocycles. The molecule has 0 bridgehead atoms. The number of hydrazine groups is 1. The standard InChI is InChI=1S/C8H8O2.C5H13N3.2ClH/c9-7-10-6-8-4-2-1-3-5-8;6-8-5-1-3-7-4-2-5;;/h1-5,7H,6H2;5,7-8H,1-4,6H2;2*1H. The van der Waals surface area contributed by atoms with Gasteiger partial charge in [-0.15, -0.1) is 24.8 Å². The van der Waals surface area contributed by atoms with Gasteiger partial charge in [0.1, 0.15) is 6.61 Å². The Hall–Kier alpha value is -0.850. The molecule has 2 rings (SSSR count). The summed E-state index contributed by atoms with van der Waals surface area (Å²) in [6.45, 7) is 3.03. The van der Waals surface area contributed by atoms with E-state index in [0.717, 1.165) is 31.5 Å². The average Bonchev–Trinajstić information content (AvgIpc) is 2.48. The molecule has 4 N–H and O–H groups in total. The number of nitrogens with one attached hydrogen (secondary N) is 2. The highest BCUT2D eigenvalue weighted by atomic mass is 35.5. The number of piperidine rings is 1. The third-order valence-electron chi connectivity index (χ3n) is 2.74. The molecule has 5 nitrogen and oxygen atoms in total. The molecular formula is C13H23Cl2N3O2. The van der Waals surface area contributed by atoms with Gasteiger partial charge < -0.3 is 10.1 Å². The Labute approximate surface area is 132 Å². The van der Waals surface area contributed by atoms with E-state index < -0.39 is 0 Å². The summed E-state index contributed by atoms with van der Waals surface area (Å²) in [5, 5.41) is 3.25. The van der Waals surface area contributed by atoms with Crippen LogP contribution in [0.25, 0.3) is 0 Å². The van der Waals surface area contributed by atoms with E-state index in [1.165, 1.54) is 0 Å². The van der Waals surface area contributed by atoms with Crippen LogP contribution >= 0.6 is 24.8 Å². The minimum absolute atomic E-state index is 0. The number of hydrogen-bond donors (Lipinski definition) is 3. The topological polar surface area (TPSA) is 76.4 Å². The van der Waals surface area contributed by atoms with Gasteiger partial charge in [0.15, 0.2) is 0 Å². The minimum atomic E-state index is 0. The Balaban J connectivity index is 0. The summed E-state index contributed by atoms with van der Waals surface area (Å²) in [6.07, 6.45) is 2.33. The van der Waals surface area contributed by atoms with Crippen LogP contribution in [0.1, 0.15) is 18.4 Å². The van der Waals surface area contributed by atoms with Gasteiger partial charge >= 0.3 is 0 Å². The lowest BCUT2D eigenvalue weighted by atomic mass is 10.1. The zero-order valence-corrected chi connectivity index (χ0v) is 12.9. The molecule has 0 aromatic heterocycles. The van der Waals surface area contributed by atoms with Gasteiger partial charge in [0.25, 0.3) is 6.47 Å². The summed E-state index contributed by atoms with van der Waals surface area (Å²) in [5.41, 5.74) is 3.77. The first-order chi connectivity index (χ1) is 8.86. The van der Waals surface area contributed by atoms with Crippen LogP contribution in [0.2, 0.25) is 0 Å². The first-order valence-corrected chi connectivity index (χ1v) is 6.13. The van der Waals surface area contributed by atoms with Crippen LogP contribution < -0.4 is 16.6 Å². The SMILES string of the molecule is Cl.Cl.NNC1CCNCC1.O=COCc1ccccc1. The third kappa shape index (κ3) is 10.00. The fraction of sp³-hybridized carbons (Fsp3) is 0.462. The van der Waals surface area contributed by atoms with E-state index in [2.05, 4.69) is 15.5 Å². The third-order valence-corrected chi connectivity index (χ3v) is 2.74. The Kier molecular flexibility index (Phi) is 15.6. The number of rotatable bonds is 4. The van der Waals surface area contributed by atoms with Crippen molar-refractivity contribution in [1.29, 1.82) is 0 Å². The summed E-state index contributed by atoms with van der Waals surface area (Å²) in [7, 11) is 0. The molecule has 116 valence electrons. The van der Waals surface area contributed by atoms with Gasteiger partial charge in [0.2, 0.25) is 0 Å². The lowest BCUT2D eigenvalue weighted by molar-refractivity contribution is -0.129. The van der Waals surface area contributed by atoms with E-state index in [1.807, 2.05) is 30.3 Å². The molecule has 1 aliphatic rings. The molecule has 0 atom stereocenters. The quantitative estimate of drug-likeness (QED) is 0.443. The number of carbonyl (C=O) groups is 1. The largest absolute Gasteiger partial charge is 0.463 e. The summed E-state index contributed by atoms with van der Waals surface area (Å²) >= 11 is 0. The van der Waals surface area contributed by atoms with Gasteiger partial charge in [-0.2, -0.15) is 0 Å². The molecule has 1 fully saturated rings. The van der Waals surface area contributed by atoms with Crippen LogP contribution in [0.4, 0.5) is 0 Å². The van der Waals surface area contributed by atoms with Gasteiger partial charge in [-0.1, -0.05) is 30.3 Å². The van der Waals surface area contributed by atoms with E-state index in [-0.39, 0.29) is 24.8 Å². The van der Waals surface area contributed by atoms with Crippen LogP contribution in [-0.2, 0) is 16.1 Å². The highest BCUT2D eigenvalue weighted by Crippen LogP contribution is 1.99. The van der Waals surface area contributed by atoms with Gasteiger partial charge in [-0.3, -0.25) is 16.1 Å². The van der Waals surface area contributed by atoms with Crippen LogP contribution in [0.3, 0.4) is 0 Å². The van der Waals surface area contributed by atoms with Crippen molar-refractivity contribution in [3.05, 3.63) is 35.9 Å². The Morgan fingerprint density at radius 3 is 2.30 bits per heavy atom. The van der Waals surface area contributed by atoms with E-state index in [1.54, 1.807) is 0 Å². The molecule has 1 aromatic rings. The maximum Gasteiger partial charge on any atom is 0.293 e. The van der Waals surface area contributed by atoms with Crippen LogP contribution in [0.15, 0.2) is 30.3 Å². The number of halogens is 2. The predicted molar refractivity (Wildman–Crippen MR) is 85.0 cm³/mol. The average molecular weight is 324 g/mol. The lowest BCUT2D eigenvalue weighted by Gasteiger charge is -2.20. The Morgan fingerprint density at radius 2 is 1.85 bits per heavy atom. The van der Waals surface area contributed by atoms with E-state index in [4.69, 9.17) is 5.84 Å². The molecule has 0 radical (unpaired) electrons. The number of carbonyl (C=O) groups excluding carboxylic acids is 1. The normalized spacial score (nSPS) is 13.8. The van der Waals surface area contributed by atoms with Crippen molar-refractivity contribution < 1.29 is 9.53 Å². The second-order valence-electron chi connectivity index (χ2n) is 4.08. The maximum atomic E-state index is 9.76.